The Hall–Kier alpha value is -1.20. The molecule has 1 heterocycles. The van der Waals surface area contributed by atoms with Crippen LogP contribution in [-0.4, -0.2) is 26.9 Å². The molecule has 1 saturated heterocycles. The van der Waals surface area contributed by atoms with E-state index < -0.39 is 6.61 Å². The first-order chi connectivity index (χ1) is 8.72. The molecule has 0 spiro atoms. The van der Waals surface area contributed by atoms with Crippen LogP contribution in [0.5, 0.6) is 5.75 Å². The summed E-state index contributed by atoms with van der Waals surface area (Å²) in [6.07, 6.45) is 0.925. The molecule has 0 aliphatic carbocycles. The van der Waals surface area contributed by atoms with Crippen LogP contribution in [-0.2, 0) is 4.74 Å². The van der Waals surface area contributed by atoms with Gasteiger partial charge >= 0.3 is 6.61 Å². The van der Waals surface area contributed by atoms with Crippen molar-refractivity contribution in [1.29, 1.82) is 0 Å². The number of rotatable bonds is 5. The van der Waals surface area contributed by atoms with Crippen molar-refractivity contribution < 1.29 is 18.3 Å². The second kappa shape index (κ2) is 6.11. The third-order valence-corrected chi connectivity index (χ3v) is 3.22. The first-order valence-electron chi connectivity index (χ1n) is 6.01. The highest BCUT2D eigenvalue weighted by Gasteiger charge is 2.28. The van der Waals surface area contributed by atoms with E-state index in [9.17, 15) is 8.78 Å². The van der Waals surface area contributed by atoms with Gasteiger partial charge in [-0.15, -0.1) is 0 Å². The van der Waals surface area contributed by atoms with E-state index in [0.29, 0.717) is 6.61 Å². The van der Waals surface area contributed by atoms with Crippen molar-refractivity contribution in [1.82, 2.24) is 5.32 Å². The number of hydrogen-bond acceptors (Lipinski definition) is 3. The fourth-order valence-corrected chi connectivity index (χ4v) is 2.40. The molecule has 100 valence electrons. The molecule has 1 aromatic carbocycles. The van der Waals surface area contributed by atoms with Crippen molar-refractivity contribution in [3.8, 4) is 5.75 Å². The average molecular weight is 257 g/mol. The minimum atomic E-state index is -2.80. The average Bonchev–Trinajstić information content (AvgIpc) is 2.85. The first kappa shape index (κ1) is 13.2. The van der Waals surface area contributed by atoms with Crippen LogP contribution < -0.4 is 10.1 Å². The van der Waals surface area contributed by atoms with Crippen LogP contribution in [0.25, 0.3) is 0 Å². The van der Waals surface area contributed by atoms with E-state index in [4.69, 9.17) is 4.74 Å². The van der Waals surface area contributed by atoms with Crippen LogP contribution >= 0.6 is 0 Å². The Morgan fingerprint density at radius 2 is 2.17 bits per heavy atom. The summed E-state index contributed by atoms with van der Waals surface area (Å²) in [5, 5.41) is 3.17. The summed E-state index contributed by atoms with van der Waals surface area (Å²) in [5.74, 6) is 0.524. The molecule has 3 nitrogen and oxygen atoms in total. The fraction of sp³-hybridized carbons (Fsp3) is 0.538. The first-order valence-corrected chi connectivity index (χ1v) is 6.01. The third-order valence-electron chi connectivity index (χ3n) is 3.22. The van der Waals surface area contributed by atoms with Crippen molar-refractivity contribution in [2.75, 3.05) is 20.3 Å². The van der Waals surface area contributed by atoms with Crippen LogP contribution in [0.2, 0.25) is 0 Å². The number of ether oxygens (including phenoxy) is 2. The lowest BCUT2D eigenvalue weighted by atomic mass is 9.92. The van der Waals surface area contributed by atoms with E-state index >= 15 is 0 Å². The van der Waals surface area contributed by atoms with Gasteiger partial charge in [-0.2, -0.15) is 8.78 Å². The molecular weight excluding hydrogens is 240 g/mol. The van der Waals surface area contributed by atoms with Crippen LogP contribution in [0.3, 0.4) is 0 Å². The molecule has 0 aromatic heterocycles. The lowest BCUT2D eigenvalue weighted by Crippen LogP contribution is -2.26. The molecule has 1 N–H and O–H groups in total. The Labute approximate surface area is 105 Å². The quantitative estimate of drug-likeness (QED) is 0.879. The summed E-state index contributed by atoms with van der Waals surface area (Å²) in [7, 11) is 1.82. The van der Waals surface area contributed by atoms with E-state index in [1.807, 2.05) is 19.2 Å². The van der Waals surface area contributed by atoms with Gasteiger partial charge in [0.1, 0.15) is 5.75 Å². The number of nitrogens with one attached hydrogen (secondary N) is 1. The molecule has 2 rings (SSSR count). The predicted molar refractivity (Wildman–Crippen MR) is 63.8 cm³/mol. The van der Waals surface area contributed by atoms with E-state index in [0.717, 1.165) is 18.6 Å². The van der Waals surface area contributed by atoms with E-state index in [-0.39, 0.29) is 17.7 Å². The molecule has 1 fully saturated rings. The molecule has 2 unspecified atom stereocenters. The van der Waals surface area contributed by atoms with Gasteiger partial charge in [-0.25, -0.2) is 0 Å². The summed E-state index contributed by atoms with van der Waals surface area (Å²) < 4.78 is 34.7. The van der Waals surface area contributed by atoms with Gasteiger partial charge in [-0.3, -0.25) is 0 Å². The lowest BCUT2D eigenvalue weighted by Gasteiger charge is -2.24. The number of alkyl halides is 2. The maximum Gasteiger partial charge on any atom is 0.387 e. The normalized spacial score (nSPS) is 21.2. The Bertz CT molecular complexity index is 381. The molecule has 0 radical (unpaired) electrons. The van der Waals surface area contributed by atoms with Crippen LogP contribution in [0.4, 0.5) is 8.78 Å². The lowest BCUT2D eigenvalue weighted by molar-refractivity contribution is -0.0508. The molecule has 0 bridgehead atoms. The zero-order valence-corrected chi connectivity index (χ0v) is 10.2. The molecule has 5 heteroatoms. The van der Waals surface area contributed by atoms with Crippen LogP contribution in [0, 0.1) is 5.92 Å². The molecule has 1 aromatic rings. The maximum absolute atomic E-state index is 12.4. The van der Waals surface area contributed by atoms with Gasteiger partial charge in [0.05, 0.1) is 6.61 Å². The smallest absolute Gasteiger partial charge is 0.387 e. The van der Waals surface area contributed by atoms with E-state index in [1.54, 1.807) is 12.1 Å². The monoisotopic (exact) mass is 257 g/mol. The van der Waals surface area contributed by atoms with Gasteiger partial charge in [-0.1, -0.05) is 18.2 Å². The van der Waals surface area contributed by atoms with Crippen molar-refractivity contribution in [2.45, 2.75) is 19.1 Å². The fourth-order valence-electron chi connectivity index (χ4n) is 2.40. The Morgan fingerprint density at radius 1 is 1.39 bits per heavy atom. The van der Waals surface area contributed by atoms with Gasteiger partial charge in [0.25, 0.3) is 0 Å². The summed E-state index contributed by atoms with van der Waals surface area (Å²) in [4.78, 5) is 0. The zero-order valence-electron chi connectivity index (χ0n) is 10.2. The van der Waals surface area contributed by atoms with Crippen LogP contribution in [0.1, 0.15) is 18.0 Å². The molecule has 1 aliphatic heterocycles. The highest BCUT2D eigenvalue weighted by atomic mass is 19.3. The topological polar surface area (TPSA) is 30.5 Å². The minimum absolute atomic E-state index is 0.0255. The van der Waals surface area contributed by atoms with Crippen molar-refractivity contribution in [3.05, 3.63) is 29.8 Å². The van der Waals surface area contributed by atoms with Crippen molar-refractivity contribution in [2.24, 2.45) is 5.92 Å². The van der Waals surface area contributed by atoms with Gasteiger partial charge in [-0.05, 0) is 19.5 Å². The van der Waals surface area contributed by atoms with Crippen LogP contribution in [0.15, 0.2) is 24.3 Å². The van der Waals surface area contributed by atoms with Gasteiger partial charge in [0.15, 0.2) is 0 Å². The third kappa shape index (κ3) is 2.97. The summed E-state index contributed by atoms with van der Waals surface area (Å²) in [5.41, 5.74) is 0.760. The summed E-state index contributed by atoms with van der Waals surface area (Å²) in [6, 6.07) is 6.88. The zero-order chi connectivity index (χ0) is 13.0. The maximum atomic E-state index is 12.4. The molecule has 18 heavy (non-hydrogen) atoms. The Morgan fingerprint density at radius 3 is 2.78 bits per heavy atom. The standard InChI is InChI=1S/C13H17F2NO2/c1-16-12(9-6-7-17-8-9)10-4-2-3-5-11(10)18-13(14)15/h2-5,9,12-13,16H,6-8H2,1H3. The molecule has 0 amide bonds. The number of hydrogen-bond donors (Lipinski definition) is 1. The van der Waals surface area contributed by atoms with Gasteiger partial charge in [0, 0.05) is 24.1 Å². The number of halogens is 2. The highest BCUT2D eigenvalue weighted by Crippen LogP contribution is 2.34. The van der Waals surface area contributed by atoms with E-state index in [1.165, 1.54) is 0 Å². The van der Waals surface area contributed by atoms with Gasteiger partial charge in [0.2, 0.25) is 0 Å². The van der Waals surface area contributed by atoms with Crippen molar-refractivity contribution in [3.63, 3.8) is 0 Å². The van der Waals surface area contributed by atoms with Gasteiger partial charge < -0.3 is 14.8 Å². The molecule has 1 aliphatic rings. The Balaban J connectivity index is 2.23. The predicted octanol–water partition coefficient (Wildman–Crippen LogP) is 2.59. The molecule has 2 atom stereocenters. The second-order valence-electron chi connectivity index (χ2n) is 4.31. The molecular formula is C13H17F2NO2. The van der Waals surface area contributed by atoms with Crippen molar-refractivity contribution >= 4 is 0 Å². The second-order valence-corrected chi connectivity index (χ2v) is 4.31. The largest absolute Gasteiger partial charge is 0.434 e. The summed E-state index contributed by atoms with van der Waals surface area (Å²) >= 11 is 0. The molecule has 0 saturated carbocycles. The number of para-hydroxylation sites is 1. The summed E-state index contributed by atoms with van der Waals surface area (Å²) in [6.45, 7) is -1.43. The Kier molecular flexibility index (Phi) is 4.49. The SMILES string of the molecule is CNC(c1ccccc1OC(F)F)C1CCOC1. The number of benzene rings is 1. The highest BCUT2D eigenvalue weighted by molar-refractivity contribution is 5.36. The van der Waals surface area contributed by atoms with E-state index in [2.05, 4.69) is 10.1 Å². The minimum Gasteiger partial charge on any atom is -0.434 e.